The molecule has 0 aliphatic carbocycles. The Labute approximate surface area is 183 Å². The topological polar surface area (TPSA) is 66.5 Å². The molecule has 1 aliphatic rings. The van der Waals surface area contributed by atoms with Crippen LogP contribution in [-0.2, 0) is 23.0 Å². The van der Waals surface area contributed by atoms with Gasteiger partial charge in [-0.25, -0.2) is 13.1 Å². The molecule has 5 nitrogen and oxygen atoms in total. The lowest BCUT2D eigenvalue weighted by Gasteiger charge is -2.18. The summed E-state index contributed by atoms with van der Waals surface area (Å²) in [7, 11) is -3.63. The van der Waals surface area contributed by atoms with Crippen LogP contribution in [0, 0.1) is 20.8 Å². The van der Waals surface area contributed by atoms with Gasteiger partial charge in [0.25, 0.3) is 5.91 Å². The summed E-state index contributed by atoms with van der Waals surface area (Å²) in [4.78, 5) is 15.0. The van der Waals surface area contributed by atoms with E-state index in [-0.39, 0.29) is 12.5 Å². The first kappa shape index (κ1) is 21.3. The van der Waals surface area contributed by atoms with Crippen LogP contribution in [-0.4, -0.2) is 20.9 Å². The number of hydrogen-bond donors (Lipinski definition) is 1. The SMILES string of the molecule is Cc1cc(C)c(S(=O)(=O)NCc2ccc3c(c2)CCN3C(=O)c2ccccc2)c(C)c1. The maximum atomic E-state index is 12.9. The Bertz CT molecular complexity index is 1230. The van der Waals surface area contributed by atoms with Gasteiger partial charge >= 0.3 is 0 Å². The smallest absolute Gasteiger partial charge is 0.258 e. The third kappa shape index (κ3) is 4.27. The fourth-order valence-electron chi connectivity index (χ4n) is 4.35. The zero-order valence-electron chi connectivity index (χ0n) is 18.0. The first-order valence-electron chi connectivity index (χ1n) is 10.3. The minimum atomic E-state index is -3.63. The predicted octanol–water partition coefficient (Wildman–Crippen LogP) is 4.29. The van der Waals surface area contributed by atoms with Crippen molar-refractivity contribution in [1.29, 1.82) is 0 Å². The molecule has 0 saturated heterocycles. The number of nitrogens with zero attached hydrogens (tertiary/aromatic N) is 1. The first-order chi connectivity index (χ1) is 14.8. The number of carbonyl (C=O) groups excluding carboxylic acids is 1. The summed E-state index contributed by atoms with van der Waals surface area (Å²) < 4.78 is 28.6. The van der Waals surface area contributed by atoms with Gasteiger partial charge in [-0.15, -0.1) is 0 Å². The normalized spacial score (nSPS) is 13.3. The summed E-state index contributed by atoms with van der Waals surface area (Å²) in [5.41, 5.74) is 6.02. The lowest BCUT2D eigenvalue weighted by Crippen LogP contribution is -2.28. The number of hydrogen-bond acceptors (Lipinski definition) is 3. The number of aryl methyl sites for hydroxylation is 3. The van der Waals surface area contributed by atoms with Crippen molar-refractivity contribution in [1.82, 2.24) is 4.72 Å². The van der Waals surface area contributed by atoms with Crippen molar-refractivity contribution in [2.24, 2.45) is 0 Å². The third-order valence-corrected chi connectivity index (χ3v) is 7.35. The van der Waals surface area contributed by atoms with Gasteiger partial charge in [0, 0.05) is 24.3 Å². The van der Waals surface area contributed by atoms with Crippen molar-refractivity contribution in [2.45, 2.75) is 38.6 Å². The molecule has 0 spiro atoms. The lowest BCUT2D eigenvalue weighted by atomic mass is 10.1. The van der Waals surface area contributed by atoms with Crippen molar-refractivity contribution in [3.8, 4) is 0 Å². The molecule has 4 rings (SSSR count). The molecule has 1 heterocycles. The van der Waals surface area contributed by atoms with Crippen LogP contribution in [0.3, 0.4) is 0 Å². The van der Waals surface area contributed by atoms with Crippen molar-refractivity contribution in [3.05, 3.63) is 94.0 Å². The molecular formula is C25H26N2O3S. The van der Waals surface area contributed by atoms with E-state index in [0.29, 0.717) is 17.0 Å². The molecule has 160 valence electrons. The Kier molecular flexibility index (Phi) is 5.69. The van der Waals surface area contributed by atoms with Crippen LogP contribution in [0.1, 0.15) is 38.2 Å². The van der Waals surface area contributed by atoms with Gasteiger partial charge in [-0.2, -0.15) is 0 Å². The lowest BCUT2D eigenvalue weighted by molar-refractivity contribution is 0.0989. The second-order valence-electron chi connectivity index (χ2n) is 8.09. The highest BCUT2D eigenvalue weighted by molar-refractivity contribution is 7.89. The summed E-state index contributed by atoms with van der Waals surface area (Å²) in [6.45, 7) is 6.43. The fraction of sp³-hybridized carbons (Fsp3) is 0.240. The Morgan fingerprint density at radius 1 is 0.968 bits per heavy atom. The average molecular weight is 435 g/mol. The molecular weight excluding hydrogens is 408 g/mol. The second kappa shape index (κ2) is 8.29. The van der Waals surface area contributed by atoms with Gasteiger partial charge in [-0.05, 0) is 67.6 Å². The van der Waals surface area contributed by atoms with E-state index in [1.165, 1.54) is 0 Å². The van der Waals surface area contributed by atoms with E-state index >= 15 is 0 Å². The number of carbonyl (C=O) groups is 1. The van der Waals surface area contributed by atoms with Gasteiger partial charge in [-0.1, -0.05) is 48.0 Å². The van der Waals surface area contributed by atoms with E-state index in [2.05, 4.69) is 4.72 Å². The number of anilines is 1. The van der Waals surface area contributed by atoms with Crippen molar-refractivity contribution < 1.29 is 13.2 Å². The Hall–Kier alpha value is -2.96. The number of rotatable bonds is 5. The standard InChI is InChI=1S/C25H26N2O3S/c1-17-13-18(2)24(19(3)14-17)31(29,30)26-16-20-9-10-23-22(15-20)11-12-27(23)25(28)21-7-5-4-6-8-21/h4-10,13-15,26H,11-12,16H2,1-3H3. The van der Waals surface area contributed by atoms with Crippen LogP contribution in [0.2, 0.25) is 0 Å². The minimum absolute atomic E-state index is 0.0156. The summed E-state index contributed by atoms with van der Waals surface area (Å²) in [6, 6.07) is 18.8. The molecule has 0 radical (unpaired) electrons. The molecule has 31 heavy (non-hydrogen) atoms. The molecule has 1 aliphatic heterocycles. The second-order valence-corrected chi connectivity index (χ2v) is 9.79. The minimum Gasteiger partial charge on any atom is -0.308 e. The van der Waals surface area contributed by atoms with Crippen LogP contribution in [0.5, 0.6) is 0 Å². The molecule has 1 N–H and O–H groups in total. The molecule has 0 atom stereocenters. The van der Waals surface area contributed by atoms with Crippen molar-refractivity contribution >= 4 is 21.6 Å². The zero-order chi connectivity index (χ0) is 22.2. The highest BCUT2D eigenvalue weighted by Gasteiger charge is 2.26. The summed E-state index contributed by atoms with van der Waals surface area (Å²) in [5.74, 6) is -0.0156. The van der Waals surface area contributed by atoms with Crippen molar-refractivity contribution in [2.75, 3.05) is 11.4 Å². The maximum Gasteiger partial charge on any atom is 0.258 e. The molecule has 6 heteroatoms. The molecule has 3 aromatic carbocycles. The number of benzene rings is 3. The van der Waals surface area contributed by atoms with Crippen molar-refractivity contribution in [3.63, 3.8) is 0 Å². The molecule has 0 fully saturated rings. The van der Waals surface area contributed by atoms with Gasteiger partial charge in [0.1, 0.15) is 0 Å². The van der Waals surface area contributed by atoms with Crippen LogP contribution < -0.4 is 9.62 Å². The fourth-order valence-corrected chi connectivity index (χ4v) is 5.82. The Morgan fingerprint density at radius 3 is 2.32 bits per heavy atom. The van der Waals surface area contributed by atoms with Crippen LogP contribution in [0.4, 0.5) is 5.69 Å². The molecule has 3 aromatic rings. The van der Waals surface area contributed by atoms with Gasteiger partial charge in [0.15, 0.2) is 0 Å². The largest absolute Gasteiger partial charge is 0.308 e. The summed E-state index contributed by atoms with van der Waals surface area (Å²) in [6.07, 6.45) is 0.755. The summed E-state index contributed by atoms with van der Waals surface area (Å²) in [5, 5.41) is 0. The highest BCUT2D eigenvalue weighted by atomic mass is 32.2. The molecule has 0 unspecified atom stereocenters. The van der Waals surface area contributed by atoms with Gasteiger partial charge in [0.2, 0.25) is 10.0 Å². The quantitative estimate of drug-likeness (QED) is 0.651. The molecule has 0 bridgehead atoms. The zero-order valence-corrected chi connectivity index (χ0v) is 18.8. The highest BCUT2D eigenvalue weighted by Crippen LogP contribution is 2.30. The molecule has 1 amide bonds. The number of fused-ring (bicyclic) bond motifs is 1. The number of sulfonamides is 1. The predicted molar refractivity (Wildman–Crippen MR) is 123 cm³/mol. The van der Waals surface area contributed by atoms with Crippen LogP contribution in [0.25, 0.3) is 0 Å². The van der Waals surface area contributed by atoms with E-state index in [4.69, 9.17) is 0 Å². The Morgan fingerprint density at radius 2 is 1.65 bits per heavy atom. The summed E-state index contributed by atoms with van der Waals surface area (Å²) >= 11 is 0. The first-order valence-corrected chi connectivity index (χ1v) is 11.8. The van der Waals surface area contributed by atoms with Gasteiger partial charge in [0.05, 0.1) is 4.90 Å². The van der Waals surface area contributed by atoms with E-state index in [1.807, 2.05) is 81.4 Å². The van der Waals surface area contributed by atoms with E-state index < -0.39 is 10.0 Å². The monoisotopic (exact) mass is 434 g/mol. The molecule has 0 aromatic heterocycles. The maximum absolute atomic E-state index is 12.9. The van der Waals surface area contributed by atoms with Gasteiger partial charge in [-0.3, -0.25) is 4.79 Å². The number of nitrogens with one attached hydrogen (secondary N) is 1. The van der Waals surface area contributed by atoms with E-state index in [0.717, 1.165) is 39.9 Å². The van der Waals surface area contributed by atoms with Crippen LogP contribution >= 0.6 is 0 Å². The Balaban J connectivity index is 1.51. The average Bonchev–Trinajstić information content (AvgIpc) is 3.14. The third-order valence-electron chi connectivity index (χ3n) is 5.65. The van der Waals surface area contributed by atoms with E-state index in [9.17, 15) is 13.2 Å². The number of amides is 1. The van der Waals surface area contributed by atoms with Gasteiger partial charge < -0.3 is 4.90 Å². The van der Waals surface area contributed by atoms with Crippen LogP contribution in [0.15, 0.2) is 65.6 Å². The van der Waals surface area contributed by atoms with E-state index in [1.54, 1.807) is 4.90 Å². The molecule has 0 saturated carbocycles.